The Morgan fingerprint density at radius 2 is 1.79 bits per heavy atom. The SMILES string of the molecule is CC(=O)Oc1ccc(OC(C)=O)c(C(=O)C=[N+]=[N-])c1. The van der Waals surface area contributed by atoms with Gasteiger partial charge in [0.05, 0.1) is 5.56 Å². The van der Waals surface area contributed by atoms with Gasteiger partial charge in [-0.2, -0.15) is 4.79 Å². The van der Waals surface area contributed by atoms with Gasteiger partial charge in [0.2, 0.25) is 0 Å². The zero-order chi connectivity index (χ0) is 14.4. The van der Waals surface area contributed by atoms with Crippen molar-refractivity contribution >= 4 is 23.9 Å². The largest absolute Gasteiger partial charge is 0.427 e. The molecule has 1 aromatic carbocycles. The second-order valence-corrected chi connectivity index (χ2v) is 3.45. The minimum atomic E-state index is -0.701. The molecule has 0 saturated carbocycles. The van der Waals surface area contributed by atoms with Gasteiger partial charge in [-0.25, -0.2) is 0 Å². The predicted molar refractivity (Wildman–Crippen MR) is 63.1 cm³/mol. The van der Waals surface area contributed by atoms with E-state index in [1.807, 2.05) is 0 Å². The van der Waals surface area contributed by atoms with Gasteiger partial charge in [-0.15, -0.1) is 0 Å². The van der Waals surface area contributed by atoms with Crippen molar-refractivity contribution < 1.29 is 28.6 Å². The van der Waals surface area contributed by atoms with E-state index >= 15 is 0 Å². The molecule has 0 amide bonds. The summed E-state index contributed by atoms with van der Waals surface area (Å²) in [6, 6.07) is 3.88. The maximum Gasteiger partial charge on any atom is 0.328 e. The summed E-state index contributed by atoms with van der Waals surface area (Å²) in [5, 5.41) is 0. The fraction of sp³-hybridized carbons (Fsp3) is 0.167. The number of rotatable bonds is 4. The molecule has 0 heterocycles. The third-order valence-corrected chi connectivity index (χ3v) is 1.91. The van der Waals surface area contributed by atoms with Crippen LogP contribution in [0.15, 0.2) is 18.2 Å². The molecule has 0 N–H and O–H groups in total. The van der Waals surface area contributed by atoms with Crippen LogP contribution in [0.25, 0.3) is 5.53 Å². The third-order valence-electron chi connectivity index (χ3n) is 1.91. The number of ketones is 1. The molecule has 98 valence electrons. The standard InChI is InChI=1S/C12H10N2O5/c1-7(15)18-9-3-4-12(19-8(2)16)10(5-9)11(17)6-14-13/h3-6H,1-2H3. The Kier molecular flexibility index (Phi) is 4.68. The molecule has 1 rings (SSSR count). The van der Waals surface area contributed by atoms with E-state index < -0.39 is 17.7 Å². The van der Waals surface area contributed by atoms with Crippen molar-refractivity contribution in [2.45, 2.75) is 13.8 Å². The van der Waals surface area contributed by atoms with Crippen LogP contribution < -0.4 is 9.47 Å². The lowest BCUT2D eigenvalue weighted by Gasteiger charge is -2.07. The first kappa shape index (κ1) is 14.3. The Morgan fingerprint density at radius 1 is 1.16 bits per heavy atom. The van der Waals surface area contributed by atoms with E-state index in [1.54, 1.807) is 0 Å². The zero-order valence-corrected chi connectivity index (χ0v) is 10.2. The Morgan fingerprint density at radius 3 is 2.32 bits per heavy atom. The molecule has 1 aromatic rings. The summed E-state index contributed by atoms with van der Waals surface area (Å²) in [5.41, 5.74) is 8.28. The van der Waals surface area contributed by atoms with E-state index in [1.165, 1.54) is 32.0 Å². The van der Waals surface area contributed by atoms with Crippen LogP contribution in [0, 0.1) is 0 Å². The van der Waals surface area contributed by atoms with Crippen molar-refractivity contribution in [3.8, 4) is 11.5 Å². The summed E-state index contributed by atoms with van der Waals surface area (Å²) in [5.74, 6) is -1.79. The van der Waals surface area contributed by atoms with Gasteiger partial charge in [-0.05, 0) is 18.2 Å². The first-order chi connectivity index (χ1) is 8.93. The summed E-state index contributed by atoms with van der Waals surface area (Å²) in [6.07, 6.45) is 0.639. The summed E-state index contributed by atoms with van der Waals surface area (Å²) in [6.45, 7) is 2.38. The van der Waals surface area contributed by atoms with Gasteiger partial charge >= 0.3 is 18.2 Å². The number of ether oxygens (including phenoxy) is 2. The van der Waals surface area contributed by atoms with Crippen LogP contribution in [-0.2, 0) is 9.59 Å². The number of hydrogen-bond donors (Lipinski definition) is 0. The van der Waals surface area contributed by atoms with Gasteiger partial charge in [0, 0.05) is 13.8 Å². The van der Waals surface area contributed by atoms with E-state index in [0.29, 0.717) is 6.21 Å². The van der Waals surface area contributed by atoms with E-state index in [4.69, 9.17) is 15.0 Å². The number of benzene rings is 1. The van der Waals surface area contributed by atoms with Crippen molar-refractivity contribution in [3.05, 3.63) is 29.3 Å². The normalized spacial score (nSPS) is 9.16. The lowest BCUT2D eigenvalue weighted by molar-refractivity contribution is -0.133. The summed E-state index contributed by atoms with van der Waals surface area (Å²) in [7, 11) is 0. The minimum absolute atomic E-state index is 0.0201. The van der Waals surface area contributed by atoms with Gasteiger partial charge in [0.1, 0.15) is 11.5 Å². The van der Waals surface area contributed by atoms with Crippen molar-refractivity contribution in [1.82, 2.24) is 0 Å². The second-order valence-electron chi connectivity index (χ2n) is 3.45. The average Bonchev–Trinajstić information content (AvgIpc) is 2.30. The lowest BCUT2D eigenvalue weighted by atomic mass is 10.1. The Bertz CT molecular complexity index is 588. The van der Waals surface area contributed by atoms with Gasteiger partial charge < -0.3 is 15.0 Å². The van der Waals surface area contributed by atoms with Gasteiger partial charge in [0.15, 0.2) is 0 Å². The second kappa shape index (κ2) is 6.23. The molecule has 0 radical (unpaired) electrons. The third kappa shape index (κ3) is 4.18. The lowest BCUT2D eigenvalue weighted by Crippen LogP contribution is -2.10. The first-order valence-corrected chi connectivity index (χ1v) is 5.16. The number of carbonyl (C=O) groups excluding carboxylic acids is 3. The number of hydrogen-bond acceptors (Lipinski definition) is 5. The number of carbonyl (C=O) groups is 3. The smallest absolute Gasteiger partial charge is 0.328 e. The quantitative estimate of drug-likeness (QED) is 0.201. The molecule has 0 atom stereocenters. The first-order valence-electron chi connectivity index (χ1n) is 5.16. The van der Waals surface area contributed by atoms with Crippen molar-refractivity contribution in [2.75, 3.05) is 0 Å². The molecule has 0 spiro atoms. The van der Waals surface area contributed by atoms with Gasteiger partial charge in [-0.3, -0.25) is 14.4 Å². The number of Topliss-reactive ketones (excluding diaryl/α,β-unsaturated/α-hetero) is 1. The molecule has 0 aliphatic heterocycles. The molecule has 19 heavy (non-hydrogen) atoms. The Labute approximate surface area is 108 Å². The van der Waals surface area contributed by atoms with Crippen LogP contribution in [-0.4, -0.2) is 28.7 Å². The molecule has 0 saturated heterocycles. The van der Waals surface area contributed by atoms with Crippen LogP contribution >= 0.6 is 0 Å². The van der Waals surface area contributed by atoms with Crippen molar-refractivity contribution in [2.24, 2.45) is 0 Å². The van der Waals surface area contributed by atoms with Gasteiger partial charge in [-0.1, -0.05) is 0 Å². The minimum Gasteiger partial charge on any atom is -0.427 e. The Balaban J connectivity index is 3.24. The number of esters is 2. The zero-order valence-electron chi connectivity index (χ0n) is 10.2. The number of nitrogens with zero attached hydrogens (tertiary/aromatic N) is 2. The fourth-order valence-electron chi connectivity index (χ4n) is 1.30. The van der Waals surface area contributed by atoms with E-state index in [2.05, 4.69) is 4.79 Å². The van der Waals surface area contributed by atoms with E-state index in [-0.39, 0.29) is 17.1 Å². The highest BCUT2D eigenvalue weighted by molar-refractivity contribution is 6.34. The highest BCUT2D eigenvalue weighted by Crippen LogP contribution is 2.24. The molecule has 0 aromatic heterocycles. The molecule has 0 fully saturated rings. The van der Waals surface area contributed by atoms with Gasteiger partial charge in [0.25, 0.3) is 5.78 Å². The Hall–Kier alpha value is -2.79. The predicted octanol–water partition coefficient (Wildman–Crippen LogP) is 1.02. The highest BCUT2D eigenvalue weighted by Gasteiger charge is 2.17. The van der Waals surface area contributed by atoms with Crippen molar-refractivity contribution in [3.63, 3.8) is 0 Å². The van der Waals surface area contributed by atoms with Crippen LogP contribution in [0.2, 0.25) is 0 Å². The molecule has 0 aliphatic carbocycles. The van der Waals surface area contributed by atoms with Crippen LogP contribution in [0.5, 0.6) is 11.5 Å². The summed E-state index contributed by atoms with van der Waals surface area (Å²) in [4.78, 5) is 36.0. The van der Waals surface area contributed by atoms with Crippen LogP contribution in [0.4, 0.5) is 0 Å². The maximum absolute atomic E-state index is 11.6. The molecular weight excluding hydrogens is 252 g/mol. The van der Waals surface area contributed by atoms with E-state index in [9.17, 15) is 14.4 Å². The maximum atomic E-state index is 11.6. The molecule has 0 aliphatic rings. The molecule has 0 bridgehead atoms. The average molecular weight is 262 g/mol. The fourth-order valence-corrected chi connectivity index (χ4v) is 1.30. The summed E-state index contributed by atoms with van der Waals surface area (Å²) >= 11 is 0. The highest BCUT2D eigenvalue weighted by atomic mass is 16.5. The van der Waals surface area contributed by atoms with Crippen LogP contribution in [0.1, 0.15) is 24.2 Å². The monoisotopic (exact) mass is 262 g/mol. The molecule has 0 unspecified atom stereocenters. The topological polar surface area (TPSA) is 106 Å². The molecular formula is C12H10N2O5. The molecule has 7 nitrogen and oxygen atoms in total. The van der Waals surface area contributed by atoms with E-state index in [0.717, 1.165) is 0 Å². The van der Waals surface area contributed by atoms with Crippen LogP contribution in [0.3, 0.4) is 0 Å². The van der Waals surface area contributed by atoms with Crippen molar-refractivity contribution in [1.29, 1.82) is 0 Å². The molecule has 7 heteroatoms. The summed E-state index contributed by atoms with van der Waals surface area (Å²) < 4.78 is 9.63.